The van der Waals surface area contributed by atoms with Gasteiger partial charge in [0, 0.05) is 0 Å². The van der Waals surface area contributed by atoms with Crippen LogP contribution in [0.25, 0.3) is 22.9 Å². The van der Waals surface area contributed by atoms with Crippen LogP contribution in [0.2, 0.25) is 0 Å². The number of nitro groups is 1. The van der Waals surface area contributed by atoms with E-state index in [2.05, 4.69) is 28.2 Å². The van der Waals surface area contributed by atoms with Crippen molar-refractivity contribution in [3.8, 4) is 11.6 Å². The van der Waals surface area contributed by atoms with Crippen molar-refractivity contribution in [2.75, 3.05) is 0 Å². The number of benzene rings is 3. The number of fused-ring (bicyclic) bond motifs is 1. The minimum atomic E-state index is -1.02. The zero-order chi connectivity index (χ0) is 21.8. The molecular weight excluding hydrogens is 398 g/mol. The number of nitrogens with zero attached hydrogens (tertiary/aromatic N) is 2. The van der Waals surface area contributed by atoms with E-state index in [4.69, 9.17) is 4.74 Å². The van der Waals surface area contributed by atoms with Crippen molar-refractivity contribution in [1.82, 2.24) is 9.97 Å². The van der Waals surface area contributed by atoms with Crippen molar-refractivity contribution in [3.63, 3.8) is 0 Å². The highest BCUT2D eigenvalue weighted by molar-refractivity contribution is 5.85. The molecule has 154 valence electrons. The van der Waals surface area contributed by atoms with Crippen molar-refractivity contribution >= 4 is 28.6 Å². The van der Waals surface area contributed by atoms with Crippen LogP contribution in [-0.2, 0) is 6.61 Å². The Morgan fingerprint density at radius 1 is 1.06 bits per heavy atom. The van der Waals surface area contributed by atoms with Gasteiger partial charge in [-0.25, -0.2) is 0 Å². The summed E-state index contributed by atoms with van der Waals surface area (Å²) >= 11 is 0. The number of rotatable bonds is 6. The number of hydrogen-bond acceptors (Lipinski definition) is 6. The summed E-state index contributed by atoms with van der Waals surface area (Å²) in [6, 6.07) is 21.5. The number of ether oxygens (including phenoxy) is 1. The topological polar surface area (TPSA) is 118 Å². The van der Waals surface area contributed by atoms with Gasteiger partial charge in [0.25, 0.3) is 5.88 Å². The van der Waals surface area contributed by atoms with Crippen LogP contribution < -0.4 is 10.3 Å². The molecule has 0 amide bonds. The van der Waals surface area contributed by atoms with Gasteiger partial charge in [-0.05, 0) is 40.1 Å². The van der Waals surface area contributed by atoms with E-state index in [1.54, 1.807) is 6.08 Å². The lowest BCUT2D eigenvalue weighted by Gasteiger charge is -2.09. The molecule has 0 bridgehead atoms. The maximum atomic E-state index is 11.7. The van der Waals surface area contributed by atoms with Gasteiger partial charge in [-0.1, -0.05) is 60.7 Å². The molecule has 0 radical (unpaired) electrons. The quantitative estimate of drug-likeness (QED) is 0.358. The Balaban J connectivity index is 1.51. The summed E-state index contributed by atoms with van der Waals surface area (Å²) in [5.41, 5.74) is -0.177. The molecule has 0 spiro atoms. The molecular formula is C23H17N3O5. The minimum absolute atomic E-state index is 0.00447. The molecule has 2 N–H and O–H groups in total. The van der Waals surface area contributed by atoms with Gasteiger partial charge < -0.3 is 14.8 Å². The third kappa shape index (κ3) is 4.43. The average Bonchev–Trinajstić information content (AvgIpc) is 2.76. The van der Waals surface area contributed by atoms with Crippen LogP contribution >= 0.6 is 0 Å². The number of aromatic nitrogens is 2. The van der Waals surface area contributed by atoms with E-state index >= 15 is 0 Å². The molecule has 1 aromatic heterocycles. The molecule has 1 heterocycles. The van der Waals surface area contributed by atoms with Crippen molar-refractivity contribution in [3.05, 3.63) is 104 Å². The summed E-state index contributed by atoms with van der Waals surface area (Å²) in [6.07, 6.45) is 3.09. The first-order chi connectivity index (χ1) is 15.0. The van der Waals surface area contributed by atoms with E-state index in [0.717, 1.165) is 21.9 Å². The summed E-state index contributed by atoms with van der Waals surface area (Å²) in [6.45, 7) is 0.402. The predicted octanol–water partition coefficient (Wildman–Crippen LogP) is 4.29. The fourth-order valence-corrected chi connectivity index (χ4v) is 3.18. The molecule has 0 unspecified atom stereocenters. The highest BCUT2D eigenvalue weighted by Gasteiger charge is 2.21. The number of H-pyrrole nitrogens is 1. The summed E-state index contributed by atoms with van der Waals surface area (Å²) in [7, 11) is 0. The minimum Gasteiger partial charge on any atom is -0.489 e. The van der Waals surface area contributed by atoms with Crippen LogP contribution in [0.15, 0.2) is 71.5 Å². The Morgan fingerprint density at radius 2 is 1.84 bits per heavy atom. The third-order valence-corrected chi connectivity index (χ3v) is 4.64. The Kier molecular flexibility index (Phi) is 5.44. The van der Waals surface area contributed by atoms with Gasteiger partial charge in [0.2, 0.25) is 0 Å². The van der Waals surface area contributed by atoms with Crippen LogP contribution in [0.1, 0.15) is 17.0 Å². The first-order valence-corrected chi connectivity index (χ1v) is 9.36. The van der Waals surface area contributed by atoms with Gasteiger partial charge in [0.1, 0.15) is 18.2 Å². The molecule has 4 rings (SSSR count). The Labute approximate surface area is 176 Å². The second-order valence-electron chi connectivity index (χ2n) is 6.71. The molecule has 0 saturated carbocycles. The normalized spacial score (nSPS) is 11.1. The van der Waals surface area contributed by atoms with Crippen molar-refractivity contribution in [1.29, 1.82) is 0 Å². The summed E-state index contributed by atoms with van der Waals surface area (Å²) in [5, 5.41) is 22.7. The largest absolute Gasteiger partial charge is 0.489 e. The van der Waals surface area contributed by atoms with E-state index in [0.29, 0.717) is 12.4 Å². The average molecular weight is 415 g/mol. The zero-order valence-electron chi connectivity index (χ0n) is 16.2. The number of aromatic hydroxyl groups is 1. The molecule has 0 aliphatic rings. The molecule has 8 heteroatoms. The number of hydrogen-bond donors (Lipinski definition) is 2. The van der Waals surface area contributed by atoms with Gasteiger partial charge in [-0.15, -0.1) is 0 Å². The number of aromatic amines is 1. The summed E-state index contributed by atoms with van der Waals surface area (Å²) in [4.78, 5) is 27.4. The van der Waals surface area contributed by atoms with Crippen LogP contribution in [0.5, 0.6) is 11.6 Å². The van der Waals surface area contributed by atoms with Crippen LogP contribution in [0, 0.1) is 10.1 Å². The van der Waals surface area contributed by atoms with Crippen LogP contribution in [0.3, 0.4) is 0 Å². The molecule has 3 aromatic carbocycles. The van der Waals surface area contributed by atoms with Gasteiger partial charge in [-0.3, -0.25) is 14.9 Å². The second kappa shape index (κ2) is 8.50. The van der Waals surface area contributed by atoms with Crippen LogP contribution in [0.4, 0.5) is 5.69 Å². The number of nitrogens with one attached hydrogen (secondary N) is 1. The van der Waals surface area contributed by atoms with Crippen LogP contribution in [-0.4, -0.2) is 20.0 Å². The van der Waals surface area contributed by atoms with Gasteiger partial charge in [0.05, 0.1) is 4.92 Å². The molecule has 31 heavy (non-hydrogen) atoms. The van der Waals surface area contributed by atoms with E-state index in [9.17, 15) is 20.0 Å². The fourth-order valence-electron chi connectivity index (χ4n) is 3.18. The second-order valence-corrected chi connectivity index (χ2v) is 6.71. The van der Waals surface area contributed by atoms with Gasteiger partial charge in [0.15, 0.2) is 0 Å². The smallest absolute Gasteiger partial charge is 0.395 e. The monoisotopic (exact) mass is 415 g/mol. The lowest BCUT2D eigenvalue weighted by molar-refractivity contribution is -0.387. The van der Waals surface area contributed by atoms with Crippen molar-refractivity contribution in [2.24, 2.45) is 0 Å². The highest BCUT2D eigenvalue weighted by Crippen LogP contribution is 2.22. The third-order valence-electron chi connectivity index (χ3n) is 4.64. The molecule has 0 fully saturated rings. The Hall–Kier alpha value is -4.46. The molecule has 0 saturated heterocycles. The SMILES string of the molecule is O=c1[nH]c(/C=C\c2cccc(OCc3cccc4ccccc34)c2)nc(O)c1[N+](=O)[O-]. The molecule has 8 nitrogen and oxygen atoms in total. The lowest BCUT2D eigenvalue weighted by Crippen LogP contribution is -2.14. The maximum Gasteiger partial charge on any atom is 0.395 e. The van der Waals surface area contributed by atoms with Crippen molar-refractivity contribution in [2.45, 2.75) is 6.61 Å². The standard InChI is InChI=1S/C23H17N3O5/c27-22-21(26(29)30)23(28)25-20(24-22)12-11-15-5-3-9-18(13-15)31-14-17-8-4-7-16-6-1-2-10-19(16)17/h1-13H,14H2,(H2,24,25,27,28)/b12-11-. The van der Waals surface area contributed by atoms with E-state index in [-0.39, 0.29) is 5.82 Å². The predicted molar refractivity (Wildman–Crippen MR) is 117 cm³/mol. The van der Waals surface area contributed by atoms with Gasteiger partial charge >= 0.3 is 11.2 Å². The molecule has 0 aliphatic carbocycles. The highest BCUT2D eigenvalue weighted by atomic mass is 16.6. The molecule has 0 atom stereocenters. The van der Waals surface area contributed by atoms with Gasteiger partial charge in [-0.2, -0.15) is 4.98 Å². The van der Waals surface area contributed by atoms with E-state index in [1.807, 2.05) is 48.5 Å². The zero-order valence-corrected chi connectivity index (χ0v) is 16.2. The Morgan fingerprint density at radius 3 is 2.65 bits per heavy atom. The maximum absolute atomic E-state index is 11.7. The molecule has 0 aliphatic heterocycles. The first kappa shape index (κ1) is 19.8. The van der Waals surface area contributed by atoms with E-state index < -0.39 is 22.0 Å². The Bertz CT molecular complexity index is 1360. The lowest BCUT2D eigenvalue weighted by atomic mass is 10.1. The van der Waals surface area contributed by atoms with E-state index in [1.165, 1.54) is 6.08 Å². The van der Waals surface area contributed by atoms with Crippen molar-refractivity contribution < 1.29 is 14.8 Å². The first-order valence-electron chi connectivity index (χ1n) is 9.36. The molecule has 4 aromatic rings. The summed E-state index contributed by atoms with van der Waals surface area (Å²) < 4.78 is 5.95. The summed E-state index contributed by atoms with van der Waals surface area (Å²) in [5.74, 6) is -0.279. The fraction of sp³-hybridized carbons (Fsp3) is 0.0435.